The van der Waals surface area contributed by atoms with Crippen LogP contribution < -0.4 is 0 Å². The van der Waals surface area contributed by atoms with E-state index in [-0.39, 0.29) is 5.91 Å². The van der Waals surface area contributed by atoms with Crippen LogP contribution >= 0.6 is 11.8 Å². The summed E-state index contributed by atoms with van der Waals surface area (Å²) in [5, 5.41) is 11.4. The molecule has 0 fully saturated rings. The molecular weight excluding hydrogens is 306 g/mol. The van der Waals surface area contributed by atoms with E-state index in [0.29, 0.717) is 5.56 Å². The van der Waals surface area contributed by atoms with Gasteiger partial charge in [0.1, 0.15) is 5.03 Å². The van der Waals surface area contributed by atoms with Gasteiger partial charge in [0.05, 0.1) is 6.20 Å². The van der Waals surface area contributed by atoms with Crippen LogP contribution in [0.4, 0.5) is 0 Å². The lowest BCUT2D eigenvalue weighted by Gasteiger charge is -2.10. The highest BCUT2D eigenvalue weighted by Gasteiger charge is 2.08. The van der Waals surface area contributed by atoms with E-state index in [2.05, 4.69) is 16.3 Å². The van der Waals surface area contributed by atoms with E-state index in [1.165, 1.54) is 0 Å². The minimum Gasteiger partial charge on any atom is -0.345 e. The largest absolute Gasteiger partial charge is 0.345 e. The maximum atomic E-state index is 11.9. The van der Waals surface area contributed by atoms with Crippen LogP contribution in [-0.4, -0.2) is 35.1 Å². The van der Waals surface area contributed by atoms with Gasteiger partial charge in [-0.1, -0.05) is 48.2 Å². The highest BCUT2D eigenvalue weighted by molar-refractivity contribution is 7.98. The molecule has 2 aromatic carbocycles. The number of hydrogen-bond donors (Lipinski definition) is 0. The Hall–Kier alpha value is -2.40. The quantitative estimate of drug-likeness (QED) is 0.688. The Bertz CT molecular complexity index is 826. The third-order valence-electron chi connectivity index (χ3n) is 3.52. The molecule has 4 nitrogen and oxygen atoms in total. The van der Waals surface area contributed by atoms with Crippen LogP contribution in [0.3, 0.4) is 0 Å². The van der Waals surface area contributed by atoms with E-state index in [0.717, 1.165) is 27.1 Å². The Morgan fingerprint density at radius 2 is 1.83 bits per heavy atom. The fraction of sp³-hybridized carbons (Fsp3) is 0.167. The van der Waals surface area contributed by atoms with Crippen LogP contribution in [0.15, 0.2) is 59.8 Å². The number of carbonyl (C=O) groups is 1. The predicted molar refractivity (Wildman–Crippen MR) is 93.6 cm³/mol. The van der Waals surface area contributed by atoms with Gasteiger partial charge in [-0.15, -0.1) is 5.10 Å². The maximum Gasteiger partial charge on any atom is 0.253 e. The topological polar surface area (TPSA) is 46.1 Å². The van der Waals surface area contributed by atoms with Gasteiger partial charge in [-0.2, -0.15) is 5.10 Å². The second-order valence-corrected chi connectivity index (χ2v) is 6.39. The van der Waals surface area contributed by atoms with Crippen molar-refractivity contribution in [3.8, 4) is 0 Å². The Morgan fingerprint density at radius 3 is 2.57 bits per heavy atom. The summed E-state index contributed by atoms with van der Waals surface area (Å²) in [4.78, 5) is 13.5. The molecule has 0 saturated heterocycles. The summed E-state index contributed by atoms with van der Waals surface area (Å²) in [5.74, 6) is 0.809. The molecule has 3 aromatic rings. The van der Waals surface area contributed by atoms with Crippen molar-refractivity contribution >= 4 is 28.4 Å². The van der Waals surface area contributed by atoms with Crippen LogP contribution in [0.1, 0.15) is 15.9 Å². The molecule has 0 unspecified atom stereocenters. The van der Waals surface area contributed by atoms with Crippen LogP contribution in [-0.2, 0) is 5.75 Å². The van der Waals surface area contributed by atoms with Gasteiger partial charge in [0.15, 0.2) is 0 Å². The summed E-state index contributed by atoms with van der Waals surface area (Å²) in [7, 11) is 3.51. The van der Waals surface area contributed by atoms with Gasteiger partial charge in [0, 0.05) is 36.2 Å². The van der Waals surface area contributed by atoms with E-state index in [1.54, 1.807) is 37.0 Å². The Morgan fingerprint density at radius 1 is 1.09 bits per heavy atom. The first-order chi connectivity index (χ1) is 11.1. The smallest absolute Gasteiger partial charge is 0.253 e. The van der Waals surface area contributed by atoms with Crippen molar-refractivity contribution in [2.75, 3.05) is 14.1 Å². The highest BCUT2D eigenvalue weighted by atomic mass is 32.2. The molecule has 5 heteroatoms. The van der Waals surface area contributed by atoms with Gasteiger partial charge in [0.25, 0.3) is 5.91 Å². The van der Waals surface area contributed by atoms with E-state index >= 15 is 0 Å². The Balaban J connectivity index is 1.74. The van der Waals surface area contributed by atoms with Crippen molar-refractivity contribution in [1.29, 1.82) is 0 Å². The van der Waals surface area contributed by atoms with Crippen molar-refractivity contribution in [3.05, 3.63) is 65.9 Å². The SMILES string of the molecule is CN(C)C(=O)c1ccc(CSc2nncc3ccccc23)cc1. The van der Waals surface area contributed by atoms with Crippen molar-refractivity contribution in [2.45, 2.75) is 10.8 Å². The van der Waals surface area contributed by atoms with E-state index < -0.39 is 0 Å². The molecule has 0 bridgehead atoms. The van der Waals surface area contributed by atoms with Crippen LogP contribution in [0, 0.1) is 0 Å². The number of aromatic nitrogens is 2. The average Bonchev–Trinajstić information content (AvgIpc) is 2.59. The fourth-order valence-electron chi connectivity index (χ4n) is 2.26. The van der Waals surface area contributed by atoms with Crippen molar-refractivity contribution in [2.24, 2.45) is 0 Å². The van der Waals surface area contributed by atoms with Gasteiger partial charge >= 0.3 is 0 Å². The fourth-order valence-corrected chi connectivity index (χ4v) is 3.20. The second-order valence-electron chi connectivity index (χ2n) is 5.42. The number of fused-ring (bicyclic) bond motifs is 1. The van der Waals surface area contributed by atoms with E-state index in [1.807, 2.05) is 42.5 Å². The molecule has 0 aliphatic heterocycles. The molecule has 1 heterocycles. The zero-order valence-corrected chi connectivity index (χ0v) is 13.9. The zero-order valence-electron chi connectivity index (χ0n) is 13.1. The molecule has 0 aliphatic carbocycles. The molecule has 0 spiro atoms. The average molecular weight is 323 g/mol. The summed E-state index contributed by atoms with van der Waals surface area (Å²) in [6.45, 7) is 0. The molecule has 0 radical (unpaired) electrons. The molecule has 0 aliphatic rings. The summed E-state index contributed by atoms with van der Waals surface area (Å²) < 4.78 is 0. The van der Waals surface area contributed by atoms with Gasteiger partial charge in [-0.25, -0.2) is 0 Å². The molecule has 1 aromatic heterocycles. The lowest BCUT2D eigenvalue weighted by molar-refractivity contribution is 0.0827. The van der Waals surface area contributed by atoms with Gasteiger partial charge in [0.2, 0.25) is 0 Å². The zero-order chi connectivity index (χ0) is 16.2. The predicted octanol–water partition coefficient (Wildman–Crippen LogP) is 3.62. The van der Waals surface area contributed by atoms with Crippen molar-refractivity contribution < 1.29 is 4.79 Å². The molecule has 0 N–H and O–H groups in total. The number of rotatable bonds is 4. The normalized spacial score (nSPS) is 10.7. The first-order valence-electron chi connectivity index (χ1n) is 7.29. The number of hydrogen-bond acceptors (Lipinski definition) is 4. The lowest BCUT2D eigenvalue weighted by atomic mass is 10.1. The third-order valence-corrected chi connectivity index (χ3v) is 4.57. The minimum absolute atomic E-state index is 0.0177. The Labute approximate surface area is 139 Å². The number of amides is 1. The van der Waals surface area contributed by atoms with Crippen LogP contribution in [0.5, 0.6) is 0 Å². The molecule has 116 valence electrons. The maximum absolute atomic E-state index is 11.9. The monoisotopic (exact) mass is 323 g/mol. The van der Waals surface area contributed by atoms with Crippen LogP contribution in [0.2, 0.25) is 0 Å². The lowest BCUT2D eigenvalue weighted by Crippen LogP contribution is -2.21. The number of thioether (sulfide) groups is 1. The number of carbonyl (C=O) groups excluding carboxylic acids is 1. The van der Waals surface area contributed by atoms with Gasteiger partial charge < -0.3 is 4.90 Å². The van der Waals surface area contributed by atoms with Gasteiger partial charge in [-0.3, -0.25) is 4.79 Å². The van der Waals surface area contributed by atoms with Crippen LogP contribution in [0.25, 0.3) is 10.8 Å². The summed E-state index contributed by atoms with van der Waals surface area (Å²) in [6.07, 6.45) is 1.78. The van der Waals surface area contributed by atoms with E-state index in [4.69, 9.17) is 0 Å². The third kappa shape index (κ3) is 3.51. The first kappa shape index (κ1) is 15.5. The molecule has 0 saturated carbocycles. The second kappa shape index (κ2) is 6.79. The summed E-state index contributed by atoms with van der Waals surface area (Å²) in [6, 6.07) is 15.8. The molecule has 3 rings (SSSR count). The molecule has 23 heavy (non-hydrogen) atoms. The molecular formula is C18H17N3OS. The summed E-state index contributed by atoms with van der Waals surface area (Å²) in [5.41, 5.74) is 1.86. The molecule has 1 amide bonds. The minimum atomic E-state index is 0.0177. The standard InChI is InChI=1S/C18H17N3OS/c1-21(2)18(22)14-9-7-13(8-10-14)12-23-17-16-6-4-3-5-15(16)11-19-20-17/h3-11H,12H2,1-2H3. The van der Waals surface area contributed by atoms with E-state index in [9.17, 15) is 4.79 Å². The Kier molecular flexibility index (Phi) is 4.57. The van der Waals surface area contributed by atoms with Crippen molar-refractivity contribution in [3.63, 3.8) is 0 Å². The summed E-state index contributed by atoms with van der Waals surface area (Å²) >= 11 is 1.65. The number of nitrogens with zero attached hydrogens (tertiary/aromatic N) is 3. The van der Waals surface area contributed by atoms with Crippen molar-refractivity contribution in [1.82, 2.24) is 15.1 Å². The number of benzene rings is 2. The first-order valence-corrected chi connectivity index (χ1v) is 8.27. The highest BCUT2D eigenvalue weighted by Crippen LogP contribution is 2.27. The van der Waals surface area contributed by atoms with Gasteiger partial charge in [-0.05, 0) is 17.7 Å². The molecule has 0 atom stereocenters.